The molecule has 2 unspecified atom stereocenters. The molecule has 0 bridgehead atoms. The van der Waals surface area contributed by atoms with E-state index in [9.17, 15) is 9.59 Å². The van der Waals surface area contributed by atoms with Crippen molar-refractivity contribution in [2.75, 3.05) is 13.7 Å². The number of carbonyl (C=O) groups excluding carboxylic acids is 1. The van der Waals surface area contributed by atoms with Crippen molar-refractivity contribution >= 4 is 12.1 Å². The van der Waals surface area contributed by atoms with E-state index in [1.54, 1.807) is 0 Å². The van der Waals surface area contributed by atoms with Crippen molar-refractivity contribution < 1.29 is 19.4 Å². The number of likely N-dealkylation sites (tertiary alicyclic amines) is 1. The molecule has 0 saturated carbocycles. The smallest absolute Gasteiger partial charge is 0.410 e. The van der Waals surface area contributed by atoms with E-state index in [1.165, 1.54) is 12.0 Å². The third-order valence-electron chi connectivity index (χ3n) is 2.60. The number of carboxylic acids is 1. The maximum Gasteiger partial charge on any atom is 0.410 e. The summed E-state index contributed by atoms with van der Waals surface area (Å²) in [7, 11) is 1.26. The van der Waals surface area contributed by atoms with E-state index in [-0.39, 0.29) is 5.92 Å². The third-order valence-corrected chi connectivity index (χ3v) is 2.60. The quantitative estimate of drug-likeness (QED) is 0.685. The molecule has 5 nitrogen and oxygen atoms in total. The van der Waals surface area contributed by atoms with Crippen LogP contribution in [0.1, 0.15) is 19.8 Å². The fraction of sp³-hybridized carbons (Fsp3) is 0.778. The average Bonchev–Trinajstić information content (AvgIpc) is 2.15. The fourth-order valence-corrected chi connectivity index (χ4v) is 1.89. The molecule has 1 aliphatic heterocycles. The van der Waals surface area contributed by atoms with E-state index in [1.807, 2.05) is 6.92 Å². The van der Waals surface area contributed by atoms with Gasteiger partial charge in [0.05, 0.1) is 7.11 Å². The molecule has 0 radical (unpaired) electrons. The Morgan fingerprint density at radius 2 is 2.14 bits per heavy atom. The minimum atomic E-state index is -0.956. The number of amides is 1. The lowest BCUT2D eigenvalue weighted by Crippen LogP contribution is -2.51. The zero-order valence-corrected chi connectivity index (χ0v) is 8.40. The van der Waals surface area contributed by atoms with Crippen LogP contribution in [0.2, 0.25) is 0 Å². The molecule has 0 aromatic carbocycles. The van der Waals surface area contributed by atoms with Gasteiger partial charge in [0, 0.05) is 6.54 Å². The molecule has 1 amide bonds. The summed E-state index contributed by atoms with van der Waals surface area (Å²) in [5.41, 5.74) is 0. The molecule has 1 N–H and O–H groups in total. The second-order valence-electron chi connectivity index (χ2n) is 3.57. The Bertz CT molecular complexity index is 241. The summed E-state index contributed by atoms with van der Waals surface area (Å²) in [4.78, 5) is 23.5. The number of rotatable bonds is 1. The Balaban J connectivity index is 2.79. The van der Waals surface area contributed by atoms with Crippen molar-refractivity contribution in [2.45, 2.75) is 25.8 Å². The van der Waals surface area contributed by atoms with Crippen molar-refractivity contribution in [1.29, 1.82) is 0 Å². The van der Waals surface area contributed by atoms with Crippen LogP contribution in [0.15, 0.2) is 0 Å². The van der Waals surface area contributed by atoms with Gasteiger partial charge in [-0.2, -0.15) is 0 Å². The first-order chi connectivity index (χ1) is 6.57. The van der Waals surface area contributed by atoms with Crippen LogP contribution in [0, 0.1) is 5.92 Å². The van der Waals surface area contributed by atoms with E-state index in [4.69, 9.17) is 5.11 Å². The Labute approximate surface area is 82.6 Å². The zero-order chi connectivity index (χ0) is 10.7. The summed E-state index contributed by atoms with van der Waals surface area (Å²) in [6, 6.07) is -0.740. The van der Waals surface area contributed by atoms with E-state index < -0.39 is 18.1 Å². The van der Waals surface area contributed by atoms with Crippen molar-refractivity contribution in [1.82, 2.24) is 4.90 Å². The Hall–Kier alpha value is -1.26. The van der Waals surface area contributed by atoms with Gasteiger partial charge in [0.15, 0.2) is 0 Å². The van der Waals surface area contributed by atoms with Gasteiger partial charge in [-0.05, 0) is 18.8 Å². The maximum absolute atomic E-state index is 11.3. The number of carbonyl (C=O) groups is 2. The number of carboxylic acid groups (broad SMARTS) is 1. The van der Waals surface area contributed by atoms with Gasteiger partial charge in [0.1, 0.15) is 6.04 Å². The molecule has 0 spiro atoms. The number of piperidine rings is 1. The molecule has 1 aliphatic rings. The van der Waals surface area contributed by atoms with Crippen LogP contribution < -0.4 is 0 Å². The van der Waals surface area contributed by atoms with Crippen molar-refractivity contribution in [2.24, 2.45) is 5.92 Å². The second kappa shape index (κ2) is 4.30. The SMILES string of the molecule is COC(=O)N1CCCC(C)C1C(=O)O. The molecule has 0 aliphatic carbocycles. The molecule has 0 aromatic heterocycles. The highest BCUT2D eigenvalue weighted by molar-refractivity contribution is 5.80. The molecule has 5 heteroatoms. The van der Waals surface area contributed by atoms with Gasteiger partial charge in [0.2, 0.25) is 0 Å². The molecule has 1 fully saturated rings. The molecule has 1 saturated heterocycles. The van der Waals surface area contributed by atoms with Crippen LogP contribution in [-0.4, -0.2) is 41.8 Å². The first kappa shape index (κ1) is 10.8. The lowest BCUT2D eigenvalue weighted by Gasteiger charge is -2.35. The van der Waals surface area contributed by atoms with Gasteiger partial charge in [0.25, 0.3) is 0 Å². The molecule has 80 valence electrons. The van der Waals surface area contributed by atoms with E-state index in [2.05, 4.69) is 4.74 Å². The lowest BCUT2D eigenvalue weighted by atomic mass is 9.91. The zero-order valence-electron chi connectivity index (χ0n) is 8.40. The largest absolute Gasteiger partial charge is 0.480 e. The number of nitrogens with zero attached hydrogens (tertiary/aromatic N) is 1. The van der Waals surface area contributed by atoms with Gasteiger partial charge >= 0.3 is 12.1 Å². The first-order valence-electron chi connectivity index (χ1n) is 4.65. The van der Waals surface area contributed by atoms with Gasteiger partial charge in [-0.25, -0.2) is 9.59 Å². The Morgan fingerprint density at radius 3 is 2.64 bits per heavy atom. The van der Waals surface area contributed by atoms with Gasteiger partial charge in [-0.15, -0.1) is 0 Å². The van der Waals surface area contributed by atoms with Crippen LogP contribution in [-0.2, 0) is 9.53 Å². The molecule has 0 aromatic rings. The van der Waals surface area contributed by atoms with Crippen LogP contribution in [0.5, 0.6) is 0 Å². The first-order valence-corrected chi connectivity index (χ1v) is 4.65. The summed E-state index contributed by atoms with van der Waals surface area (Å²) in [5.74, 6) is -0.969. The predicted molar refractivity (Wildman–Crippen MR) is 48.9 cm³/mol. The van der Waals surface area contributed by atoms with Gasteiger partial charge in [-0.3, -0.25) is 4.90 Å². The predicted octanol–water partition coefficient (Wildman–Crippen LogP) is 0.938. The normalized spacial score (nSPS) is 27.1. The molecular weight excluding hydrogens is 186 g/mol. The standard InChI is InChI=1S/C9H15NO4/c1-6-4-3-5-10(9(13)14-2)7(6)8(11)12/h6-7H,3-5H2,1-2H3,(H,11,12). The summed E-state index contributed by atoms with van der Waals surface area (Å²) >= 11 is 0. The highest BCUT2D eigenvalue weighted by Gasteiger charge is 2.37. The van der Waals surface area contributed by atoms with Gasteiger partial charge in [-0.1, -0.05) is 6.92 Å². The van der Waals surface area contributed by atoms with Crippen LogP contribution >= 0.6 is 0 Å². The fourth-order valence-electron chi connectivity index (χ4n) is 1.89. The summed E-state index contributed by atoms with van der Waals surface area (Å²) in [6.45, 7) is 2.31. The summed E-state index contributed by atoms with van der Waals surface area (Å²) in [6.07, 6.45) is 1.12. The molecular formula is C9H15NO4. The molecule has 14 heavy (non-hydrogen) atoms. The van der Waals surface area contributed by atoms with Crippen LogP contribution in [0.25, 0.3) is 0 Å². The lowest BCUT2D eigenvalue weighted by molar-refractivity contribution is -0.145. The number of hydrogen-bond acceptors (Lipinski definition) is 3. The minimum Gasteiger partial charge on any atom is -0.480 e. The molecule has 2 atom stereocenters. The van der Waals surface area contributed by atoms with E-state index >= 15 is 0 Å². The van der Waals surface area contributed by atoms with E-state index in [0.717, 1.165) is 12.8 Å². The Morgan fingerprint density at radius 1 is 1.50 bits per heavy atom. The summed E-state index contributed by atoms with van der Waals surface area (Å²) < 4.78 is 4.54. The molecule has 1 heterocycles. The van der Waals surface area contributed by atoms with Gasteiger partial charge < -0.3 is 9.84 Å². The number of aliphatic carboxylic acids is 1. The summed E-state index contributed by atoms with van der Waals surface area (Å²) in [5, 5.41) is 8.97. The highest BCUT2D eigenvalue weighted by Crippen LogP contribution is 2.23. The van der Waals surface area contributed by atoms with Crippen molar-refractivity contribution in [3.05, 3.63) is 0 Å². The second-order valence-corrected chi connectivity index (χ2v) is 3.57. The highest BCUT2D eigenvalue weighted by atomic mass is 16.5. The minimum absolute atomic E-state index is 0.0136. The van der Waals surface area contributed by atoms with Crippen LogP contribution in [0.3, 0.4) is 0 Å². The van der Waals surface area contributed by atoms with Crippen molar-refractivity contribution in [3.8, 4) is 0 Å². The van der Waals surface area contributed by atoms with E-state index in [0.29, 0.717) is 6.54 Å². The third kappa shape index (κ3) is 1.97. The topological polar surface area (TPSA) is 66.8 Å². The number of methoxy groups -OCH3 is 1. The van der Waals surface area contributed by atoms with Crippen molar-refractivity contribution in [3.63, 3.8) is 0 Å². The molecule has 1 rings (SSSR count). The van der Waals surface area contributed by atoms with Crippen LogP contribution in [0.4, 0.5) is 4.79 Å². The average molecular weight is 201 g/mol. The number of ether oxygens (including phenoxy) is 1. The monoisotopic (exact) mass is 201 g/mol. The Kier molecular flexibility index (Phi) is 3.33. The number of hydrogen-bond donors (Lipinski definition) is 1. The maximum atomic E-state index is 11.3.